The first kappa shape index (κ1) is 32.2. The quantitative estimate of drug-likeness (QED) is 0.111. The molecular weight excluding hydrogens is 532 g/mol. The van der Waals surface area contributed by atoms with Crippen LogP contribution in [0, 0.1) is 19.3 Å². The van der Waals surface area contributed by atoms with E-state index in [-0.39, 0.29) is 18.4 Å². The molecule has 224 valence electrons. The summed E-state index contributed by atoms with van der Waals surface area (Å²) in [5, 5.41) is 32.0. The number of aliphatic hydroxyl groups excluding tert-OH is 1. The minimum Gasteiger partial charge on any atom is -0.423 e. The van der Waals surface area contributed by atoms with Crippen LogP contribution in [0.3, 0.4) is 0 Å². The Morgan fingerprint density at radius 1 is 1.10 bits per heavy atom. The minimum absolute atomic E-state index is 0.0111. The van der Waals surface area contributed by atoms with Crippen LogP contribution in [0.4, 0.5) is 23.3 Å². The van der Waals surface area contributed by atoms with Crippen molar-refractivity contribution in [1.82, 2.24) is 20.3 Å². The third-order valence-electron chi connectivity index (χ3n) is 7.00. The summed E-state index contributed by atoms with van der Waals surface area (Å²) in [6.45, 7) is 11.2. The summed E-state index contributed by atoms with van der Waals surface area (Å²) in [6.07, 6.45) is 3.92. The van der Waals surface area contributed by atoms with Crippen LogP contribution in [0.15, 0.2) is 47.1 Å². The van der Waals surface area contributed by atoms with E-state index in [1.54, 1.807) is 7.05 Å². The standard InChI is InChI=1S/C30H40N8O2.CH2O/c1-6-20(4)33-13-11-23(12-14-39)36-29-25(28(32-5)34-17-35-29)26(31)21-7-9-22(10-8-21)37-30-38-24-16-18(2)15-19(3)27(24)40-30;1-2/h7-10,15-17,20,23,31,33,39H,6,11-14H2,1-5H3,(H,37,38)(H2,32,34,35,36);1H2. The molecule has 0 bridgehead atoms. The zero-order valence-electron chi connectivity index (χ0n) is 25.0. The van der Waals surface area contributed by atoms with Gasteiger partial charge in [-0.3, -0.25) is 5.41 Å². The molecule has 6 N–H and O–H groups in total. The molecule has 0 amide bonds. The number of aryl methyl sites for hydroxylation is 2. The summed E-state index contributed by atoms with van der Waals surface area (Å²) in [5.41, 5.74) is 6.13. The molecule has 2 aromatic heterocycles. The van der Waals surface area contributed by atoms with Gasteiger partial charge in [-0.05, 0) is 75.9 Å². The largest absolute Gasteiger partial charge is 0.423 e. The Morgan fingerprint density at radius 2 is 1.81 bits per heavy atom. The molecule has 0 saturated heterocycles. The number of carbonyl (C=O) groups is 1. The molecule has 11 heteroatoms. The zero-order valence-corrected chi connectivity index (χ0v) is 25.0. The maximum Gasteiger partial charge on any atom is 0.300 e. The first-order valence-corrected chi connectivity index (χ1v) is 14.1. The second-order valence-electron chi connectivity index (χ2n) is 10.1. The maximum atomic E-state index is 9.66. The number of aromatic nitrogens is 3. The van der Waals surface area contributed by atoms with Crippen molar-refractivity contribution in [3.8, 4) is 0 Å². The third kappa shape index (κ3) is 8.11. The highest BCUT2D eigenvalue weighted by molar-refractivity contribution is 6.16. The average molecular weight is 575 g/mol. The third-order valence-corrected chi connectivity index (χ3v) is 7.00. The number of nitrogens with one attached hydrogen (secondary N) is 5. The number of carbonyl (C=O) groups excluding carboxylic acids is 1. The average Bonchev–Trinajstić information content (AvgIpc) is 3.40. The molecule has 2 aromatic carbocycles. The van der Waals surface area contributed by atoms with Gasteiger partial charge in [0, 0.05) is 37.0 Å². The van der Waals surface area contributed by atoms with Crippen molar-refractivity contribution in [3.63, 3.8) is 0 Å². The molecule has 4 aromatic rings. The van der Waals surface area contributed by atoms with Gasteiger partial charge in [-0.25, -0.2) is 9.97 Å². The molecule has 2 unspecified atom stereocenters. The summed E-state index contributed by atoms with van der Waals surface area (Å²) in [6, 6.07) is 12.4. The normalized spacial score (nSPS) is 12.2. The molecule has 2 heterocycles. The first-order valence-electron chi connectivity index (χ1n) is 14.1. The summed E-state index contributed by atoms with van der Waals surface area (Å²) in [7, 11) is 1.78. The van der Waals surface area contributed by atoms with Crippen molar-refractivity contribution in [2.75, 3.05) is 36.1 Å². The smallest absolute Gasteiger partial charge is 0.300 e. The van der Waals surface area contributed by atoms with Crippen molar-refractivity contribution in [2.24, 2.45) is 0 Å². The van der Waals surface area contributed by atoms with Gasteiger partial charge in [0.05, 0.1) is 11.3 Å². The second-order valence-corrected chi connectivity index (χ2v) is 10.1. The molecule has 0 spiro atoms. The molecule has 42 heavy (non-hydrogen) atoms. The van der Waals surface area contributed by atoms with E-state index in [1.165, 1.54) is 6.33 Å². The van der Waals surface area contributed by atoms with Crippen molar-refractivity contribution in [1.29, 1.82) is 5.41 Å². The number of rotatable bonds is 14. The highest BCUT2D eigenvalue weighted by atomic mass is 16.4. The number of oxazole rings is 1. The number of aliphatic hydroxyl groups is 1. The van der Waals surface area contributed by atoms with Gasteiger partial charge in [-0.15, -0.1) is 0 Å². The van der Waals surface area contributed by atoms with Crippen LogP contribution in [0.1, 0.15) is 55.4 Å². The van der Waals surface area contributed by atoms with E-state index in [0.29, 0.717) is 41.2 Å². The van der Waals surface area contributed by atoms with Crippen molar-refractivity contribution >= 4 is 46.9 Å². The molecule has 4 rings (SSSR count). The molecular formula is C31H42N8O3. The Labute approximate surface area is 247 Å². The van der Waals surface area contributed by atoms with Crippen molar-refractivity contribution in [2.45, 2.75) is 59.0 Å². The lowest BCUT2D eigenvalue weighted by molar-refractivity contribution is -0.0980. The fourth-order valence-corrected chi connectivity index (χ4v) is 4.63. The van der Waals surface area contributed by atoms with Crippen LogP contribution in [0.5, 0.6) is 0 Å². The lowest BCUT2D eigenvalue weighted by Gasteiger charge is -2.22. The Morgan fingerprint density at radius 3 is 2.48 bits per heavy atom. The number of anilines is 4. The van der Waals surface area contributed by atoms with E-state index in [1.807, 2.05) is 51.0 Å². The SMILES string of the molecule is C=O.CCC(C)NCCC(CCO)Nc1ncnc(NC)c1C(=N)c1ccc(Nc2nc3cc(C)cc(C)c3o2)cc1. The predicted octanol–water partition coefficient (Wildman–Crippen LogP) is 5.19. The number of nitrogens with zero attached hydrogens (tertiary/aromatic N) is 3. The maximum absolute atomic E-state index is 9.66. The first-order chi connectivity index (χ1) is 20.3. The van der Waals surface area contributed by atoms with Crippen molar-refractivity contribution in [3.05, 3.63) is 65.0 Å². The van der Waals surface area contributed by atoms with E-state index < -0.39 is 0 Å². The number of hydrogen-bond acceptors (Lipinski definition) is 11. The molecule has 0 aliphatic rings. The van der Waals surface area contributed by atoms with E-state index >= 15 is 0 Å². The lowest BCUT2D eigenvalue weighted by atomic mass is 10.0. The highest BCUT2D eigenvalue weighted by Gasteiger charge is 2.20. The molecule has 0 aliphatic heterocycles. The van der Waals surface area contributed by atoms with Gasteiger partial charge < -0.3 is 35.6 Å². The van der Waals surface area contributed by atoms with Crippen molar-refractivity contribution < 1.29 is 14.3 Å². The minimum atomic E-state index is -0.0111. The summed E-state index contributed by atoms with van der Waals surface area (Å²) in [4.78, 5) is 21.4. The molecule has 0 fully saturated rings. The molecule has 2 atom stereocenters. The number of hydrogen-bond donors (Lipinski definition) is 6. The summed E-state index contributed by atoms with van der Waals surface area (Å²) < 4.78 is 5.94. The fraction of sp³-hybridized carbons (Fsp3) is 0.387. The monoisotopic (exact) mass is 574 g/mol. The van der Waals surface area contributed by atoms with Gasteiger partial charge >= 0.3 is 0 Å². The second kappa shape index (κ2) is 15.6. The van der Waals surface area contributed by atoms with Gasteiger partial charge in [0.25, 0.3) is 6.01 Å². The van der Waals surface area contributed by atoms with E-state index in [0.717, 1.165) is 47.3 Å². The summed E-state index contributed by atoms with van der Waals surface area (Å²) >= 11 is 0. The van der Waals surface area contributed by atoms with Crippen LogP contribution in [0.2, 0.25) is 0 Å². The fourth-order valence-electron chi connectivity index (χ4n) is 4.63. The Kier molecular flexibility index (Phi) is 11.9. The van der Waals surface area contributed by atoms with Crippen LogP contribution in [-0.4, -0.2) is 64.8 Å². The Hall–Kier alpha value is -4.35. The van der Waals surface area contributed by atoms with E-state index in [2.05, 4.69) is 56.1 Å². The topological polar surface area (TPSA) is 161 Å². The Bertz CT molecular complexity index is 1450. The predicted molar refractivity (Wildman–Crippen MR) is 169 cm³/mol. The molecule has 0 aliphatic carbocycles. The van der Waals surface area contributed by atoms with Gasteiger partial charge in [0.2, 0.25) is 0 Å². The van der Waals surface area contributed by atoms with Gasteiger partial charge in [-0.1, -0.05) is 25.1 Å². The van der Waals surface area contributed by atoms with Crippen LogP contribution in [0.25, 0.3) is 11.1 Å². The van der Waals surface area contributed by atoms with E-state index in [4.69, 9.17) is 14.6 Å². The van der Waals surface area contributed by atoms with Crippen LogP contribution < -0.4 is 21.3 Å². The van der Waals surface area contributed by atoms with Gasteiger partial charge in [0.1, 0.15) is 30.3 Å². The molecule has 0 saturated carbocycles. The van der Waals surface area contributed by atoms with Crippen LogP contribution in [-0.2, 0) is 4.79 Å². The lowest BCUT2D eigenvalue weighted by Crippen LogP contribution is -2.32. The van der Waals surface area contributed by atoms with Gasteiger partial charge in [-0.2, -0.15) is 4.98 Å². The molecule has 0 radical (unpaired) electrons. The summed E-state index contributed by atoms with van der Waals surface area (Å²) in [5.74, 6) is 1.12. The number of benzene rings is 2. The molecule has 11 nitrogen and oxygen atoms in total. The van der Waals surface area contributed by atoms with E-state index in [9.17, 15) is 5.11 Å². The van der Waals surface area contributed by atoms with Crippen LogP contribution >= 0.6 is 0 Å². The highest BCUT2D eigenvalue weighted by Crippen LogP contribution is 2.28. The zero-order chi connectivity index (χ0) is 30.6. The Balaban J connectivity index is 0.00000237. The number of fused-ring (bicyclic) bond motifs is 1. The van der Waals surface area contributed by atoms with Gasteiger partial charge in [0.15, 0.2) is 5.58 Å².